The first-order chi connectivity index (χ1) is 7.66. The molecule has 2 rings (SSSR count). The van der Waals surface area contributed by atoms with E-state index in [0.29, 0.717) is 5.56 Å². The van der Waals surface area contributed by atoms with Gasteiger partial charge in [0.25, 0.3) is 0 Å². The van der Waals surface area contributed by atoms with Crippen LogP contribution >= 0.6 is 0 Å². The number of nitrogens with zero attached hydrogens (tertiary/aromatic N) is 2. The van der Waals surface area contributed by atoms with Gasteiger partial charge in [-0.1, -0.05) is 0 Å². The van der Waals surface area contributed by atoms with Gasteiger partial charge in [-0.15, -0.1) is 0 Å². The number of piperidine rings is 1. The van der Waals surface area contributed by atoms with E-state index in [-0.39, 0.29) is 6.04 Å². The zero-order valence-electron chi connectivity index (χ0n) is 9.10. The Bertz CT molecular complexity index is 385. The van der Waals surface area contributed by atoms with E-state index in [1.165, 1.54) is 0 Å². The van der Waals surface area contributed by atoms with Crippen LogP contribution in [0.3, 0.4) is 0 Å². The molecular weight excluding hydrogens is 204 g/mol. The van der Waals surface area contributed by atoms with E-state index in [2.05, 4.69) is 9.88 Å². The summed E-state index contributed by atoms with van der Waals surface area (Å²) in [7, 11) is 0. The lowest BCUT2D eigenvalue weighted by Crippen LogP contribution is -2.40. The maximum atomic E-state index is 11.0. The molecule has 4 N–H and O–H groups in total. The molecule has 1 aliphatic rings. The number of pyridine rings is 1. The Morgan fingerprint density at radius 2 is 2.12 bits per heavy atom. The minimum Gasteiger partial charge on any atom is -0.366 e. The molecule has 0 atom stereocenters. The van der Waals surface area contributed by atoms with Crippen LogP contribution in [0.4, 0.5) is 5.82 Å². The molecule has 1 aliphatic heterocycles. The van der Waals surface area contributed by atoms with E-state index < -0.39 is 5.91 Å². The molecule has 86 valence electrons. The van der Waals surface area contributed by atoms with E-state index in [4.69, 9.17) is 11.5 Å². The molecule has 0 saturated carbocycles. The van der Waals surface area contributed by atoms with Crippen molar-refractivity contribution in [1.29, 1.82) is 0 Å². The van der Waals surface area contributed by atoms with Gasteiger partial charge in [-0.2, -0.15) is 0 Å². The van der Waals surface area contributed by atoms with Gasteiger partial charge in [0.05, 0.1) is 0 Å². The van der Waals surface area contributed by atoms with Gasteiger partial charge < -0.3 is 16.4 Å². The molecule has 2 heterocycles. The van der Waals surface area contributed by atoms with E-state index in [1.807, 2.05) is 0 Å². The molecular formula is C11H16N4O. The number of hydrogen-bond acceptors (Lipinski definition) is 4. The predicted octanol–water partition coefficient (Wildman–Crippen LogP) is 0.108. The quantitative estimate of drug-likeness (QED) is 0.740. The summed E-state index contributed by atoms with van der Waals surface area (Å²) in [6, 6.07) is 3.65. The second-order valence-corrected chi connectivity index (χ2v) is 4.09. The van der Waals surface area contributed by atoms with Crippen molar-refractivity contribution in [2.75, 3.05) is 18.0 Å². The van der Waals surface area contributed by atoms with E-state index in [9.17, 15) is 4.79 Å². The first-order valence-corrected chi connectivity index (χ1v) is 5.43. The van der Waals surface area contributed by atoms with Crippen molar-refractivity contribution in [3.63, 3.8) is 0 Å². The topological polar surface area (TPSA) is 85.2 Å². The highest BCUT2D eigenvalue weighted by Crippen LogP contribution is 2.17. The lowest BCUT2D eigenvalue weighted by Gasteiger charge is -2.31. The van der Waals surface area contributed by atoms with Gasteiger partial charge in [0, 0.05) is 30.9 Å². The molecule has 0 aromatic carbocycles. The summed E-state index contributed by atoms with van der Waals surface area (Å²) in [6.45, 7) is 1.77. The predicted molar refractivity (Wildman–Crippen MR) is 62.2 cm³/mol. The van der Waals surface area contributed by atoms with Crippen LogP contribution in [0, 0.1) is 0 Å². The first-order valence-electron chi connectivity index (χ1n) is 5.43. The molecule has 16 heavy (non-hydrogen) atoms. The summed E-state index contributed by atoms with van der Waals surface area (Å²) in [4.78, 5) is 17.4. The molecule has 1 fully saturated rings. The molecule has 0 radical (unpaired) electrons. The molecule has 1 amide bonds. The van der Waals surface area contributed by atoms with E-state index in [1.54, 1.807) is 18.3 Å². The smallest absolute Gasteiger partial charge is 0.248 e. The summed E-state index contributed by atoms with van der Waals surface area (Å²) in [5.74, 6) is 0.389. The van der Waals surface area contributed by atoms with Gasteiger partial charge in [0.15, 0.2) is 0 Å². The standard InChI is InChI=1S/C11H16N4O/c12-9-2-5-15(6-3-9)10-7-8(11(13)16)1-4-14-10/h1,4,7,9H,2-3,5-6,12H2,(H2,13,16). The van der Waals surface area contributed by atoms with Gasteiger partial charge in [-0.05, 0) is 25.0 Å². The molecule has 0 spiro atoms. The number of anilines is 1. The van der Waals surface area contributed by atoms with Gasteiger partial charge in [0.2, 0.25) is 5.91 Å². The highest BCUT2D eigenvalue weighted by Gasteiger charge is 2.17. The lowest BCUT2D eigenvalue weighted by atomic mass is 10.1. The summed E-state index contributed by atoms with van der Waals surface area (Å²) in [5, 5.41) is 0. The number of aromatic nitrogens is 1. The van der Waals surface area contributed by atoms with Crippen LogP contribution in [0.2, 0.25) is 0 Å². The minimum atomic E-state index is -0.419. The molecule has 1 saturated heterocycles. The largest absolute Gasteiger partial charge is 0.366 e. The number of carbonyl (C=O) groups excluding carboxylic acids is 1. The molecule has 0 unspecified atom stereocenters. The van der Waals surface area contributed by atoms with Crippen LogP contribution in [0.15, 0.2) is 18.3 Å². The molecule has 5 nitrogen and oxygen atoms in total. The summed E-state index contributed by atoms with van der Waals surface area (Å²) in [6.07, 6.45) is 3.54. The molecule has 1 aromatic heterocycles. The normalized spacial score (nSPS) is 17.4. The number of nitrogens with two attached hydrogens (primary N) is 2. The van der Waals surface area contributed by atoms with E-state index in [0.717, 1.165) is 31.7 Å². The first kappa shape index (κ1) is 10.9. The van der Waals surface area contributed by atoms with E-state index >= 15 is 0 Å². The van der Waals surface area contributed by atoms with Crippen molar-refractivity contribution in [3.8, 4) is 0 Å². The Morgan fingerprint density at radius 1 is 1.44 bits per heavy atom. The van der Waals surface area contributed by atoms with Crippen LogP contribution in [0.5, 0.6) is 0 Å². The van der Waals surface area contributed by atoms with Crippen molar-refractivity contribution in [2.24, 2.45) is 11.5 Å². The molecule has 0 bridgehead atoms. The van der Waals surface area contributed by atoms with Gasteiger partial charge in [-0.3, -0.25) is 4.79 Å². The summed E-state index contributed by atoms with van der Waals surface area (Å²) >= 11 is 0. The van der Waals surface area contributed by atoms with Gasteiger partial charge >= 0.3 is 0 Å². The minimum absolute atomic E-state index is 0.288. The zero-order chi connectivity index (χ0) is 11.5. The monoisotopic (exact) mass is 220 g/mol. The Labute approximate surface area is 94.4 Å². The average Bonchev–Trinajstić information content (AvgIpc) is 2.30. The summed E-state index contributed by atoms with van der Waals surface area (Å²) in [5.41, 5.74) is 11.6. The summed E-state index contributed by atoms with van der Waals surface area (Å²) < 4.78 is 0. The fourth-order valence-corrected chi connectivity index (χ4v) is 1.87. The number of primary amides is 1. The third-order valence-electron chi connectivity index (χ3n) is 2.89. The third kappa shape index (κ3) is 2.30. The fourth-order valence-electron chi connectivity index (χ4n) is 1.87. The van der Waals surface area contributed by atoms with Crippen molar-refractivity contribution >= 4 is 11.7 Å². The van der Waals surface area contributed by atoms with Crippen molar-refractivity contribution < 1.29 is 4.79 Å². The Morgan fingerprint density at radius 3 is 2.75 bits per heavy atom. The second-order valence-electron chi connectivity index (χ2n) is 4.09. The second kappa shape index (κ2) is 4.49. The Balaban J connectivity index is 2.14. The highest BCUT2D eigenvalue weighted by atomic mass is 16.1. The number of amides is 1. The fraction of sp³-hybridized carbons (Fsp3) is 0.455. The maximum absolute atomic E-state index is 11.0. The Hall–Kier alpha value is -1.62. The van der Waals surface area contributed by atoms with Crippen LogP contribution in [-0.2, 0) is 0 Å². The molecule has 5 heteroatoms. The SMILES string of the molecule is NC(=O)c1ccnc(N2CCC(N)CC2)c1. The highest BCUT2D eigenvalue weighted by molar-refractivity contribution is 5.93. The number of rotatable bonds is 2. The van der Waals surface area contributed by atoms with Crippen molar-refractivity contribution in [2.45, 2.75) is 18.9 Å². The average molecular weight is 220 g/mol. The number of hydrogen-bond donors (Lipinski definition) is 2. The lowest BCUT2D eigenvalue weighted by molar-refractivity contribution is 0.1000. The molecule has 0 aliphatic carbocycles. The number of carbonyl (C=O) groups is 1. The van der Waals surface area contributed by atoms with Gasteiger partial charge in [-0.25, -0.2) is 4.98 Å². The maximum Gasteiger partial charge on any atom is 0.248 e. The van der Waals surface area contributed by atoms with Gasteiger partial charge in [0.1, 0.15) is 5.82 Å². The molecule has 1 aromatic rings. The van der Waals surface area contributed by atoms with Crippen molar-refractivity contribution in [3.05, 3.63) is 23.9 Å². The van der Waals surface area contributed by atoms with Crippen LogP contribution in [0.25, 0.3) is 0 Å². The zero-order valence-corrected chi connectivity index (χ0v) is 9.10. The van der Waals surface area contributed by atoms with Crippen LogP contribution in [-0.4, -0.2) is 30.0 Å². The van der Waals surface area contributed by atoms with Crippen molar-refractivity contribution in [1.82, 2.24) is 4.98 Å². The Kier molecular flexibility index (Phi) is 3.05. The van der Waals surface area contributed by atoms with Crippen LogP contribution in [0.1, 0.15) is 23.2 Å². The van der Waals surface area contributed by atoms with Crippen LogP contribution < -0.4 is 16.4 Å². The third-order valence-corrected chi connectivity index (χ3v) is 2.89.